The van der Waals surface area contributed by atoms with Crippen molar-refractivity contribution in [3.05, 3.63) is 42.0 Å². The van der Waals surface area contributed by atoms with Crippen LogP contribution >= 0.6 is 0 Å². The van der Waals surface area contributed by atoms with E-state index in [1.165, 1.54) is 13.0 Å². The first-order valence-corrected chi connectivity index (χ1v) is 4.58. The second-order valence-corrected chi connectivity index (χ2v) is 2.99. The van der Waals surface area contributed by atoms with Crippen molar-refractivity contribution < 1.29 is 14.3 Å². The average Bonchev–Trinajstić information content (AvgIpc) is 2.25. The van der Waals surface area contributed by atoms with Gasteiger partial charge < -0.3 is 4.74 Å². The fourth-order valence-corrected chi connectivity index (χ4v) is 0.974. The zero-order valence-electron chi connectivity index (χ0n) is 8.47. The molecule has 0 saturated heterocycles. The topological polar surface area (TPSA) is 43.4 Å². The van der Waals surface area contributed by atoms with E-state index in [1.54, 1.807) is 6.08 Å². The third-order valence-electron chi connectivity index (χ3n) is 1.68. The second kappa shape index (κ2) is 5.75. The number of hydrogen-bond donors (Lipinski definition) is 0. The molecule has 3 nitrogen and oxygen atoms in total. The van der Waals surface area contributed by atoms with Gasteiger partial charge in [-0.15, -0.1) is 0 Å². The molecule has 0 aliphatic carbocycles. The molecule has 0 bridgehead atoms. The van der Waals surface area contributed by atoms with Crippen LogP contribution in [0, 0.1) is 0 Å². The largest absolute Gasteiger partial charge is 0.457 e. The third-order valence-corrected chi connectivity index (χ3v) is 1.68. The monoisotopic (exact) mass is 204 g/mol. The number of benzene rings is 1. The maximum atomic E-state index is 11.2. The van der Waals surface area contributed by atoms with Crippen LogP contribution in [0.5, 0.6) is 0 Å². The van der Waals surface area contributed by atoms with Crippen LogP contribution in [0.4, 0.5) is 0 Å². The minimum Gasteiger partial charge on any atom is -0.457 e. The minimum atomic E-state index is -0.448. The molecule has 1 rings (SSSR count). The zero-order valence-corrected chi connectivity index (χ0v) is 8.47. The van der Waals surface area contributed by atoms with Crippen molar-refractivity contribution >= 4 is 17.8 Å². The molecular weight excluding hydrogens is 192 g/mol. The molecule has 0 amide bonds. The Balaban J connectivity index is 2.44. The van der Waals surface area contributed by atoms with E-state index in [-0.39, 0.29) is 12.4 Å². The molecule has 15 heavy (non-hydrogen) atoms. The summed E-state index contributed by atoms with van der Waals surface area (Å²) in [4.78, 5) is 21.6. The Morgan fingerprint density at radius 1 is 1.27 bits per heavy atom. The standard InChI is InChI=1S/C12H12O3/c1-10(13)15-9-12(14)8-7-11-5-3-2-4-6-11/h2-8H,9H2,1H3/b8-7+. The van der Waals surface area contributed by atoms with E-state index in [9.17, 15) is 9.59 Å². The lowest BCUT2D eigenvalue weighted by Gasteiger charge is -1.96. The third kappa shape index (κ3) is 4.76. The fourth-order valence-electron chi connectivity index (χ4n) is 0.974. The van der Waals surface area contributed by atoms with Crippen LogP contribution in [0.25, 0.3) is 6.08 Å². The summed E-state index contributed by atoms with van der Waals surface area (Å²) in [6, 6.07) is 9.44. The van der Waals surface area contributed by atoms with Crippen LogP contribution in [0.1, 0.15) is 12.5 Å². The van der Waals surface area contributed by atoms with E-state index in [2.05, 4.69) is 4.74 Å². The molecule has 1 aromatic carbocycles. The van der Waals surface area contributed by atoms with Crippen molar-refractivity contribution in [2.24, 2.45) is 0 Å². The SMILES string of the molecule is CC(=O)OCC(=O)/C=C/c1ccccc1. The van der Waals surface area contributed by atoms with Gasteiger partial charge in [-0.2, -0.15) is 0 Å². The highest BCUT2D eigenvalue weighted by Gasteiger charge is 1.98. The Bertz CT molecular complexity index is 366. The van der Waals surface area contributed by atoms with Crippen LogP contribution in [0.15, 0.2) is 36.4 Å². The molecule has 0 heterocycles. The lowest BCUT2D eigenvalue weighted by Crippen LogP contribution is -2.08. The number of carbonyl (C=O) groups is 2. The number of hydrogen-bond acceptors (Lipinski definition) is 3. The maximum Gasteiger partial charge on any atom is 0.303 e. The number of carbonyl (C=O) groups excluding carboxylic acids is 2. The molecule has 0 aromatic heterocycles. The summed E-state index contributed by atoms with van der Waals surface area (Å²) in [5.41, 5.74) is 0.939. The molecular formula is C12H12O3. The maximum absolute atomic E-state index is 11.2. The summed E-state index contributed by atoms with van der Waals surface area (Å²) in [5.74, 6) is -0.675. The van der Waals surface area contributed by atoms with Crippen LogP contribution in [0.3, 0.4) is 0 Å². The van der Waals surface area contributed by atoms with Gasteiger partial charge in [0.1, 0.15) is 0 Å². The summed E-state index contributed by atoms with van der Waals surface area (Å²) in [6.07, 6.45) is 3.09. The van der Waals surface area contributed by atoms with Gasteiger partial charge >= 0.3 is 5.97 Å². The van der Waals surface area contributed by atoms with Crippen LogP contribution in [-0.2, 0) is 14.3 Å². The molecule has 3 heteroatoms. The predicted octanol–water partition coefficient (Wildman–Crippen LogP) is 1.83. The number of ether oxygens (including phenoxy) is 1. The highest BCUT2D eigenvalue weighted by molar-refractivity contribution is 5.95. The average molecular weight is 204 g/mol. The Morgan fingerprint density at radius 3 is 2.53 bits per heavy atom. The first-order chi connectivity index (χ1) is 7.18. The van der Waals surface area contributed by atoms with Crippen molar-refractivity contribution in [3.8, 4) is 0 Å². The lowest BCUT2D eigenvalue weighted by molar-refractivity contribution is -0.144. The first kappa shape index (κ1) is 11.2. The Hall–Kier alpha value is -1.90. The van der Waals surface area contributed by atoms with E-state index >= 15 is 0 Å². The van der Waals surface area contributed by atoms with Crippen molar-refractivity contribution in [1.82, 2.24) is 0 Å². The van der Waals surface area contributed by atoms with Gasteiger partial charge in [0.25, 0.3) is 0 Å². The fraction of sp³-hybridized carbons (Fsp3) is 0.167. The van der Waals surface area contributed by atoms with Gasteiger partial charge in [0, 0.05) is 6.92 Å². The molecule has 0 radical (unpaired) electrons. The minimum absolute atomic E-state index is 0.196. The van der Waals surface area contributed by atoms with Gasteiger partial charge in [0.2, 0.25) is 0 Å². The number of rotatable bonds is 4. The van der Waals surface area contributed by atoms with Crippen LogP contribution in [0.2, 0.25) is 0 Å². The van der Waals surface area contributed by atoms with Crippen molar-refractivity contribution in [2.45, 2.75) is 6.92 Å². The van der Waals surface area contributed by atoms with E-state index in [4.69, 9.17) is 0 Å². The number of ketones is 1. The van der Waals surface area contributed by atoms with Gasteiger partial charge in [0.15, 0.2) is 12.4 Å². The molecule has 0 saturated carbocycles. The normalized spacial score (nSPS) is 10.2. The number of esters is 1. The highest BCUT2D eigenvalue weighted by atomic mass is 16.5. The summed E-state index contributed by atoms with van der Waals surface area (Å²) in [7, 11) is 0. The van der Waals surface area contributed by atoms with E-state index in [0.717, 1.165) is 5.56 Å². The van der Waals surface area contributed by atoms with Crippen molar-refractivity contribution in [3.63, 3.8) is 0 Å². The highest BCUT2D eigenvalue weighted by Crippen LogP contribution is 2.00. The molecule has 0 spiro atoms. The van der Waals surface area contributed by atoms with Gasteiger partial charge in [-0.25, -0.2) is 0 Å². The van der Waals surface area contributed by atoms with E-state index in [1.807, 2.05) is 30.3 Å². The summed E-state index contributed by atoms with van der Waals surface area (Å²) in [5, 5.41) is 0. The smallest absolute Gasteiger partial charge is 0.303 e. The molecule has 0 N–H and O–H groups in total. The molecule has 0 fully saturated rings. The molecule has 0 aliphatic rings. The predicted molar refractivity (Wildman–Crippen MR) is 57.1 cm³/mol. The first-order valence-electron chi connectivity index (χ1n) is 4.58. The molecule has 78 valence electrons. The van der Waals surface area contributed by atoms with Gasteiger partial charge in [-0.3, -0.25) is 9.59 Å². The second-order valence-electron chi connectivity index (χ2n) is 2.99. The van der Waals surface area contributed by atoms with E-state index < -0.39 is 5.97 Å². The Labute approximate surface area is 88.4 Å². The van der Waals surface area contributed by atoms with Gasteiger partial charge in [0.05, 0.1) is 0 Å². The Kier molecular flexibility index (Phi) is 4.29. The quantitative estimate of drug-likeness (QED) is 0.555. The van der Waals surface area contributed by atoms with Crippen LogP contribution < -0.4 is 0 Å². The summed E-state index contributed by atoms with van der Waals surface area (Å²) < 4.78 is 4.55. The summed E-state index contributed by atoms with van der Waals surface area (Å²) >= 11 is 0. The van der Waals surface area contributed by atoms with Gasteiger partial charge in [-0.1, -0.05) is 36.4 Å². The molecule has 0 atom stereocenters. The van der Waals surface area contributed by atoms with Crippen LogP contribution in [-0.4, -0.2) is 18.4 Å². The van der Waals surface area contributed by atoms with Crippen molar-refractivity contribution in [2.75, 3.05) is 6.61 Å². The molecule has 1 aromatic rings. The summed E-state index contributed by atoms with van der Waals surface area (Å²) in [6.45, 7) is 1.08. The zero-order chi connectivity index (χ0) is 11.1. The van der Waals surface area contributed by atoms with Gasteiger partial charge in [-0.05, 0) is 11.6 Å². The lowest BCUT2D eigenvalue weighted by atomic mass is 10.2. The Morgan fingerprint density at radius 2 is 1.93 bits per heavy atom. The molecule has 0 unspecified atom stereocenters. The van der Waals surface area contributed by atoms with E-state index in [0.29, 0.717) is 0 Å². The molecule has 0 aliphatic heterocycles. The van der Waals surface area contributed by atoms with Crippen molar-refractivity contribution in [1.29, 1.82) is 0 Å².